The maximum atomic E-state index is 12.0. The molecule has 1 fully saturated rings. The molecule has 1 aliphatic rings. The van der Waals surface area contributed by atoms with E-state index in [1.807, 2.05) is 60.9 Å². The third kappa shape index (κ3) is 4.32. The van der Waals surface area contributed by atoms with Gasteiger partial charge in [0.2, 0.25) is 0 Å². The fourth-order valence-corrected chi connectivity index (χ4v) is 5.48. The minimum atomic E-state index is -0.387. The molecule has 5 rings (SSSR count). The van der Waals surface area contributed by atoms with Crippen molar-refractivity contribution in [2.75, 3.05) is 19.1 Å². The first kappa shape index (κ1) is 25.2. The Balaban J connectivity index is 1.70. The van der Waals surface area contributed by atoms with Gasteiger partial charge in [-0.05, 0) is 74.1 Å². The van der Waals surface area contributed by atoms with Gasteiger partial charge in [-0.15, -0.1) is 0 Å². The summed E-state index contributed by atoms with van der Waals surface area (Å²) in [6.45, 7) is 3.91. The first-order valence-corrected chi connectivity index (χ1v) is 12.4. The summed E-state index contributed by atoms with van der Waals surface area (Å²) in [5, 5.41) is 16.0. The van der Waals surface area contributed by atoms with E-state index in [9.17, 15) is 10.1 Å². The molecule has 194 valence electrons. The van der Waals surface area contributed by atoms with Crippen molar-refractivity contribution in [3.63, 3.8) is 0 Å². The van der Waals surface area contributed by atoms with Crippen LogP contribution in [0.25, 0.3) is 5.69 Å². The second kappa shape index (κ2) is 10.1. The summed E-state index contributed by atoms with van der Waals surface area (Å²) in [4.78, 5) is 18.3. The molecule has 0 bridgehead atoms. The SMILES string of the molecule is COc1cccc(N2C(=S)N[C@H](c3ccccn3)[C@@H]2c2cc(C)n(-c3ccc(OC)cc3[N+](=O)[O-])c2C)c1. The van der Waals surface area contributed by atoms with E-state index in [1.165, 1.54) is 13.2 Å². The van der Waals surface area contributed by atoms with Crippen molar-refractivity contribution in [1.82, 2.24) is 14.9 Å². The minimum absolute atomic E-state index is 0.0382. The lowest BCUT2D eigenvalue weighted by molar-refractivity contribution is -0.384. The van der Waals surface area contributed by atoms with Crippen molar-refractivity contribution in [3.05, 3.63) is 106 Å². The van der Waals surface area contributed by atoms with Crippen molar-refractivity contribution < 1.29 is 14.4 Å². The maximum absolute atomic E-state index is 12.0. The first-order chi connectivity index (χ1) is 18.3. The van der Waals surface area contributed by atoms with Crippen molar-refractivity contribution in [3.8, 4) is 17.2 Å². The molecule has 2 atom stereocenters. The van der Waals surface area contributed by atoms with Crippen LogP contribution < -0.4 is 19.7 Å². The number of nitrogens with zero attached hydrogens (tertiary/aromatic N) is 4. The fourth-order valence-electron chi connectivity index (χ4n) is 5.13. The monoisotopic (exact) mass is 529 g/mol. The number of hydrogen-bond donors (Lipinski definition) is 1. The van der Waals surface area contributed by atoms with Crippen LogP contribution in [0.1, 0.15) is 34.7 Å². The lowest BCUT2D eigenvalue weighted by atomic mass is 9.96. The molecule has 4 aromatic rings. The number of rotatable bonds is 7. The molecule has 0 saturated carbocycles. The molecule has 10 heteroatoms. The predicted octanol–water partition coefficient (Wildman–Crippen LogP) is 5.59. The molecular formula is C28H27N5O4S. The second-order valence-corrected chi connectivity index (χ2v) is 9.36. The van der Waals surface area contributed by atoms with E-state index < -0.39 is 0 Å². The van der Waals surface area contributed by atoms with Crippen LogP contribution in [0.3, 0.4) is 0 Å². The highest BCUT2D eigenvalue weighted by molar-refractivity contribution is 7.80. The summed E-state index contributed by atoms with van der Waals surface area (Å²) in [6, 6.07) is 19.9. The number of nitro groups is 1. The Morgan fingerprint density at radius 1 is 1.00 bits per heavy atom. The molecule has 1 N–H and O–H groups in total. The van der Waals surface area contributed by atoms with E-state index in [0.717, 1.165) is 28.3 Å². The van der Waals surface area contributed by atoms with Gasteiger partial charge in [-0.1, -0.05) is 12.1 Å². The molecule has 9 nitrogen and oxygen atoms in total. The number of aromatic nitrogens is 2. The smallest absolute Gasteiger partial charge is 0.296 e. The number of nitrogens with one attached hydrogen (secondary N) is 1. The van der Waals surface area contributed by atoms with Gasteiger partial charge in [0.15, 0.2) is 5.11 Å². The van der Waals surface area contributed by atoms with Gasteiger partial charge in [-0.2, -0.15) is 0 Å². The van der Waals surface area contributed by atoms with Gasteiger partial charge in [0.05, 0.1) is 43.0 Å². The lowest BCUT2D eigenvalue weighted by Gasteiger charge is -2.28. The summed E-state index contributed by atoms with van der Waals surface area (Å²) in [5.41, 5.74) is 4.82. The summed E-state index contributed by atoms with van der Waals surface area (Å²) < 4.78 is 12.6. The number of thiocarbonyl (C=S) groups is 1. The Morgan fingerprint density at radius 2 is 1.76 bits per heavy atom. The van der Waals surface area contributed by atoms with Crippen LogP contribution in [-0.2, 0) is 0 Å². The number of anilines is 1. The van der Waals surface area contributed by atoms with E-state index in [1.54, 1.807) is 25.4 Å². The summed E-state index contributed by atoms with van der Waals surface area (Å²) >= 11 is 5.85. The summed E-state index contributed by atoms with van der Waals surface area (Å²) in [6.07, 6.45) is 1.76. The molecule has 0 unspecified atom stereocenters. The van der Waals surface area contributed by atoms with E-state index in [-0.39, 0.29) is 22.7 Å². The number of benzene rings is 2. The highest BCUT2D eigenvalue weighted by Gasteiger charge is 2.42. The molecule has 0 spiro atoms. The fraction of sp³-hybridized carbons (Fsp3) is 0.214. The number of ether oxygens (including phenoxy) is 2. The van der Waals surface area contributed by atoms with Crippen molar-refractivity contribution in [2.45, 2.75) is 25.9 Å². The molecular weight excluding hydrogens is 502 g/mol. The van der Waals surface area contributed by atoms with Crippen molar-refractivity contribution in [2.24, 2.45) is 0 Å². The topological polar surface area (TPSA) is 94.7 Å². The zero-order valence-electron chi connectivity index (χ0n) is 21.4. The molecule has 1 saturated heterocycles. The Hall–Kier alpha value is -4.44. The highest BCUT2D eigenvalue weighted by Crippen LogP contribution is 2.44. The zero-order valence-corrected chi connectivity index (χ0v) is 22.2. The number of hydrogen-bond acceptors (Lipinski definition) is 6. The third-order valence-corrected chi connectivity index (χ3v) is 7.15. The number of pyridine rings is 1. The normalized spacial score (nSPS) is 16.8. The van der Waals surface area contributed by atoms with Crippen LogP contribution >= 0.6 is 12.2 Å². The average Bonchev–Trinajstić information content (AvgIpc) is 3.43. The zero-order chi connectivity index (χ0) is 27.0. The largest absolute Gasteiger partial charge is 0.497 e. The maximum Gasteiger partial charge on any atom is 0.296 e. The van der Waals surface area contributed by atoms with Crippen LogP contribution in [0.2, 0.25) is 0 Å². The summed E-state index contributed by atoms with van der Waals surface area (Å²) in [5.74, 6) is 1.14. The molecule has 2 aromatic heterocycles. The van der Waals surface area contributed by atoms with E-state index in [4.69, 9.17) is 21.7 Å². The number of nitro benzene ring substituents is 1. The number of aryl methyl sites for hydroxylation is 1. The van der Waals surface area contributed by atoms with Crippen molar-refractivity contribution >= 4 is 28.7 Å². The average molecular weight is 530 g/mol. The van der Waals surface area contributed by atoms with Crippen molar-refractivity contribution in [1.29, 1.82) is 0 Å². The molecule has 0 aliphatic carbocycles. The Morgan fingerprint density at radius 3 is 2.45 bits per heavy atom. The van der Waals surface area contributed by atoms with E-state index in [2.05, 4.69) is 21.3 Å². The first-order valence-electron chi connectivity index (χ1n) is 12.0. The predicted molar refractivity (Wildman–Crippen MR) is 149 cm³/mol. The Kier molecular flexibility index (Phi) is 6.73. The Labute approximate surface area is 225 Å². The standard InChI is InChI=1S/C28H27N5O4S/c1-17-14-22(18(2)31(17)24-12-11-21(37-4)16-25(24)33(34)35)27-26(23-10-5-6-13-29-23)30-28(38)32(27)19-8-7-9-20(15-19)36-3/h5-16,26-27H,1-4H3,(H,30,38)/t26-,27+/m1/s1. The van der Waals surface area contributed by atoms with Crippen LogP contribution in [-0.4, -0.2) is 33.8 Å². The molecule has 0 radical (unpaired) electrons. The minimum Gasteiger partial charge on any atom is -0.497 e. The highest BCUT2D eigenvalue weighted by atomic mass is 32.1. The van der Waals surface area contributed by atoms with Crippen LogP contribution in [0.4, 0.5) is 11.4 Å². The van der Waals surface area contributed by atoms with E-state index >= 15 is 0 Å². The third-order valence-electron chi connectivity index (χ3n) is 6.84. The second-order valence-electron chi connectivity index (χ2n) is 8.97. The van der Waals surface area contributed by atoms with Crippen LogP contribution in [0.5, 0.6) is 11.5 Å². The lowest BCUT2D eigenvalue weighted by Crippen LogP contribution is -2.29. The summed E-state index contributed by atoms with van der Waals surface area (Å²) in [7, 11) is 3.12. The van der Waals surface area contributed by atoms with Gasteiger partial charge >= 0.3 is 0 Å². The molecule has 1 aliphatic heterocycles. The Bertz CT molecular complexity index is 1520. The molecule has 0 amide bonds. The van der Waals surface area contributed by atoms with Gasteiger partial charge in [0, 0.05) is 29.3 Å². The molecule has 2 aromatic carbocycles. The van der Waals surface area contributed by atoms with Crippen LogP contribution in [0.15, 0.2) is 72.9 Å². The van der Waals surface area contributed by atoms with Gasteiger partial charge in [-0.25, -0.2) is 0 Å². The van der Waals surface area contributed by atoms with E-state index in [0.29, 0.717) is 22.3 Å². The molecule has 3 heterocycles. The van der Waals surface area contributed by atoms with Gasteiger partial charge in [-0.3, -0.25) is 15.1 Å². The molecule has 38 heavy (non-hydrogen) atoms. The van der Waals surface area contributed by atoms with Gasteiger partial charge in [0.25, 0.3) is 5.69 Å². The van der Waals surface area contributed by atoms with Gasteiger partial charge < -0.3 is 24.3 Å². The van der Waals surface area contributed by atoms with Crippen LogP contribution in [0, 0.1) is 24.0 Å². The van der Waals surface area contributed by atoms with Gasteiger partial charge in [0.1, 0.15) is 17.2 Å². The number of methoxy groups -OCH3 is 2. The quantitative estimate of drug-likeness (QED) is 0.188.